The van der Waals surface area contributed by atoms with Crippen LogP contribution in [0.15, 0.2) is 0 Å². The Bertz CT molecular complexity index is 437. The quantitative estimate of drug-likeness (QED) is 0.564. The first-order valence-corrected chi connectivity index (χ1v) is 10.3. The lowest BCUT2D eigenvalue weighted by Crippen LogP contribution is -2.47. The molecule has 0 aliphatic heterocycles. The third kappa shape index (κ3) is 2.02. The van der Waals surface area contributed by atoms with Gasteiger partial charge >= 0.3 is 5.97 Å². The largest absolute Gasteiger partial charge is 0.459 e. The lowest BCUT2D eigenvalue weighted by atomic mass is 9.65. The zero-order valence-electron chi connectivity index (χ0n) is 13.3. The molecule has 4 aliphatic carbocycles. The van der Waals surface area contributed by atoms with E-state index in [1.807, 2.05) is 0 Å². The minimum atomic E-state index is -0.0915. The molecule has 3 heteroatoms. The zero-order chi connectivity index (χ0) is 14.6. The van der Waals surface area contributed by atoms with Crippen LogP contribution in [0.1, 0.15) is 51.9 Å². The Kier molecular flexibility index (Phi) is 3.55. The van der Waals surface area contributed by atoms with E-state index in [0.717, 1.165) is 41.8 Å². The van der Waals surface area contributed by atoms with Crippen molar-refractivity contribution >= 4 is 17.7 Å². The van der Waals surface area contributed by atoms with Gasteiger partial charge < -0.3 is 4.74 Å². The van der Waals surface area contributed by atoms with Crippen LogP contribution in [-0.4, -0.2) is 23.6 Å². The van der Waals surface area contributed by atoms with Gasteiger partial charge in [-0.3, -0.25) is 4.79 Å². The van der Waals surface area contributed by atoms with Crippen molar-refractivity contribution in [1.29, 1.82) is 0 Å². The van der Waals surface area contributed by atoms with Gasteiger partial charge in [0.25, 0.3) is 0 Å². The van der Waals surface area contributed by atoms with Gasteiger partial charge in [0.05, 0.1) is 6.42 Å². The maximum atomic E-state index is 12.2. The molecule has 2 nitrogen and oxygen atoms in total. The number of hydrogen-bond donors (Lipinski definition) is 0. The second-order valence-corrected chi connectivity index (χ2v) is 8.92. The maximum absolute atomic E-state index is 12.2. The lowest BCUT2D eigenvalue weighted by molar-refractivity contribution is -0.172. The predicted molar refractivity (Wildman–Crippen MR) is 86.1 cm³/mol. The molecule has 4 fully saturated rings. The third-order valence-corrected chi connectivity index (χ3v) is 7.93. The fourth-order valence-electron chi connectivity index (χ4n) is 6.76. The van der Waals surface area contributed by atoms with Gasteiger partial charge in [-0.15, -0.1) is 0 Å². The standard InChI is InChI=1S/C18H28O2S/c1-3-18(20-15(19)6-7-21-2)10-13-9-14(18)17-12-5-4-11(8-12)16(13)17/h11-14,16-17H,3-10H2,1-2H3/t11?,12?,13?,14?,16?,17?,18-/m1/s1. The number of hydrogen-bond acceptors (Lipinski definition) is 3. The number of ether oxygens (including phenoxy) is 1. The summed E-state index contributed by atoms with van der Waals surface area (Å²) in [6, 6.07) is 0. The Balaban J connectivity index is 1.51. The Morgan fingerprint density at radius 3 is 2.67 bits per heavy atom. The highest BCUT2D eigenvalue weighted by Crippen LogP contribution is 2.70. The molecule has 4 rings (SSSR count). The molecule has 21 heavy (non-hydrogen) atoms. The Morgan fingerprint density at radius 1 is 1.19 bits per heavy atom. The summed E-state index contributed by atoms with van der Waals surface area (Å²) < 4.78 is 6.15. The lowest BCUT2D eigenvalue weighted by Gasteiger charge is -2.45. The highest BCUT2D eigenvalue weighted by atomic mass is 32.2. The van der Waals surface area contributed by atoms with Gasteiger partial charge in [0.1, 0.15) is 5.60 Å². The summed E-state index contributed by atoms with van der Waals surface area (Å²) in [5, 5.41) is 0. The number of carbonyl (C=O) groups is 1. The molecule has 118 valence electrons. The van der Waals surface area contributed by atoms with Gasteiger partial charge in [-0.25, -0.2) is 0 Å². The number of rotatable bonds is 5. The van der Waals surface area contributed by atoms with Crippen LogP contribution in [0, 0.1) is 35.5 Å². The molecule has 0 N–H and O–H groups in total. The SMILES string of the molecule is CC[C@@]1(OC(=O)CCSC)CC2CC1C1C3CCC(C3)C21. The molecule has 0 heterocycles. The molecule has 0 amide bonds. The van der Waals surface area contributed by atoms with E-state index in [1.165, 1.54) is 32.1 Å². The monoisotopic (exact) mass is 308 g/mol. The Hall–Kier alpha value is -0.180. The van der Waals surface area contributed by atoms with Crippen LogP contribution in [0.3, 0.4) is 0 Å². The van der Waals surface area contributed by atoms with Gasteiger partial charge in [-0.05, 0) is 74.4 Å². The molecule has 0 aromatic heterocycles. The molecule has 4 saturated carbocycles. The van der Waals surface area contributed by atoms with Gasteiger partial charge in [-0.1, -0.05) is 6.92 Å². The molecule has 0 aromatic carbocycles. The van der Waals surface area contributed by atoms with Crippen LogP contribution in [-0.2, 0) is 9.53 Å². The number of esters is 1. The van der Waals surface area contributed by atoms with Crippen molar-refractivity contribution in [3.8, 4) is 0 Å². The van der Waals surface area contributed by atoms with E-state index in [0.29, 0.717) is 12.3 Å². The van der Waals surface area contributed by atoms with Crippen LogP contribution in [0.2, 0.25) is 0 Å². The minimum Gasteiger partial charge on any atom is -0.459 e. The average Bonchev–Trinajstić information content (AvgIpc) is 3.22. The van der Waals surface area contributed by atoms with Crippen molar-refractivity contribution in [2.24, 2.45) is 35.5 Å². The Labute approximate surface area is 132 Å². The number of carbonyl (C=O) groups excluding carboxylic acids is 1. The normalized spacial score (nSPS) is 49.6. The summed E-state index contributed by atoms with van der Waals surface area (Å²) in [5.74, 6) is 6.38. The Morgan fingerprint density at radius 2 is 1.95 bits per heavy atom. The van der Waals surface area contributed by atoms with Gasteiger partial charge in [-0.2, -0.15) is 11.8 Å². The van der Waals surface area contributed by atoms with Gasteiger partial charge in [0.2, 0.25) is 0 Å². The molecule has 4 bridgehead atoms. The zero-order valence-corrected chi connectivity index (χ0v) is 14.2. The van der Waals surface area contributed by atoms with Gasteiger partial charge in [0, 0.05) is 11.7 Å². The summed E-state index contributed by atoms with van der Waals surface area (Å²) in [4.78, 5) is 12.2. The first-order valence-electron chi connectivity index (χ1n) is 8.89. The van der Waals surface area contributed by atoms with Crippen molar-refractivity contribution in [1.82, 2.24) is 0 Å². The van der Waals surface area contributed by atoms with E-state index in [-0.39, 0.29) is 11.6 Å². The van der Waals surface area contributed by atoms with Crippen molar-refractivity contribution in [3.63, 3.8) is 0 Å². The highest BCUT2D eigenvalue weighted by Gasteiger charge is 2.67. The first kappa shape index (κ1) is 14.4. The highest BCUT2D eigenvalue weighted by molar-refractivity contribution is 7.98. The van der Waals surface area contributed by atoms with Gasteiger partial charge in [0.15, 0.2) is 0 Å². The molecule has 0 aromatic rings. The predicted octanol–water partition coefficient (Wildman–Crippen LogP) is 4.13. The summed E-state index contributed by atoms with van der Waals surface area (Å²) in [7, 11) is 0. The minimum absolute atomic E-state index is 0.0541. The second kappa shape index (κ2) is 5.18. The van der Waals surface area contributed by atoms with E-state index in [4.69, 9.17) is 4.74 Å². The fraction of sp³-hybridized carbons (Fsp3) is 0.944. The molecular weight excluding hydrogens is 280 g/mol. The molecule has 0 saturated heterocycles. The maximum Gasteiger partial charge on any atom is 0.307 e. The number of thioether (sulfide) groups is 1. The van der Waals surface area contributed by atoms with Crippen molar-refractivity contribution < 1.29 is 9.53 Å². The van der Waals surface area contributed by atoms with Crippen LogP contribution in [0.5, 0.6) is 0 Å². The summed E-state index contributed by atoms with van der Waals surface area (Å²) in [6.07, 6.45) is 10.6. The smallest absolute Gasteiger partial charge is 0.307 e. The third-order valence-electron chi connectivity index (χ3n) is 7.32. The second-order valence-electron chi connectivity index (χ2n) is 7.93. The molecule has 0 radical (unpaired) electrons. The van der Waals surface area contributed by atoms with E-state index >= 15 is 0 Å². The molecule has 0 spiro atoms. The molecule has 4 aliphatic rings. The van der Waals surface area contributed by atoms with E-state index in [2.05, 4.69) is 13.2 Å². The van der Waals surface area contributed by atoms with Crippen molar-refractivity contribution in [2.75, 3.05) is 12.0 Å². The van der Waals surface area contributed by atoms with Crippen LogP contribution in [0.25, 0.3) is 0 Å². The summed E-state index contributed by atoms with van der Waals surface area (Å²) >= 11 is 1.73. The number of fused-ring (bicyclic) bond motifs is 9. The van der Waals surface area contributed by atoms with Crippen LogP contribution < -0.4 is 0 Å². The van der Waals surface area contributed by atoms with Crippen LogP contribution >= 0.6 is 11.8 Å². The van der Waals surface area contributed by atoms with E-state index in [1.54, 1.807) is 11.8 Å². The molecule has 7 atom stereocenters. The fourth-order valence-corrected chi connectivity index (χ4v) is 7.13. The molecular formula is C18H28O2S. The molecule has 6 unspecified atom stereocenters. The summed E-state index contributed by atoms with van der Waals surface area (Å²) in [6.45, 7) is 2.24. The van der Waals surface area contributed by atoms with Crippen molar-refractivity contribution in [2.45, 2.75) is 57.5 Å². The van der Waals surface area contributed by atoms with E-state index < -0.39 is 0 Å². The van der Waals surface area contributed by atoms with Crippen molar-refractivity contribution in [3.05, 3.63) is 0 Å². The summed E-state index contributed by atoms with van der Waals surface area (Å²) in [5.41, 5.74) is -0.0915. The van der Waals surface area contributed by atoms with E-state index in [9.17, 15) is 4.79 Å². The average molecular weight is 308 g/mol. The van der Waals surface area contributed by atoms with Crippen LogP contribution in [0.4, 0.5) is 0 Å². The topological polar surface area (TPSA) is 26.3 Å². The first-order chi connectivity index (χ1) is 10.2.